The molecule has 1 aromatic heterocycles. The Hall–Kier alpha value is -1.95. The van der Waals surface area contributed by atoms with E-state index < -0.39 is 0 Å². The van der Waals surface area contributed by atoms with Crippen molar-refractivity contribution in [2.24, 2.45) is 0 Å². The molecule has 2 rings (SSSR count). The molecular weight excluding hydrogens is 296 g/mol. The van der Waals surface area contributed by atoms with Crippen LogP contribution in [0.15, 0.2) is 41.4 Å². The number of benzene rings is 1. The third-order valence-electron chi connectivity index (χ3n) is 2.46. The van der Waals surface area contributed by atoms with Crippen molar-refractivity contribution in [2.75, 3.05) is 17.7 Å². The normalized spacial score (nSPS) is 10.1. The largest absolute Gasteiger partial charge is 0.397 e. The first-order chi connectivity index (χ1) is 8.59. The van der Waals surface area contributed by atoms with E-state index in [1.165, 1.54) is 23.6 Å². The van der Waals surface area contributed by atoms with Gasteiger partial charge < -0.3 is 10.6 Å². The number of carbonyl (C=O) groups excluding carboxylic acids is 1. The minimum atomic E-state index is -0.204. The van der Waals surface area contributed by atoms with E-state index in [-0.39, 0.29) is 5.91 Å². The molecule has 2 aromatic rings. The maximum absolute atomic E-state index is 12.2. The second-order valence-corrected chi connectivity index (χ2v) is 4.61. The van der Waals surface area contributed by atoms with Crippen LogP contribution in [0.1, 0.15) is 10.4 Å². The topological polar surface area (TPSA) is 72.1 Å². The van der Waals surface area contributed by atoms with Crippen molar-refractivity contribution in [3.05, 3.63) is 47.0 Å². The molecule has 18 heavy (non-hydrogen) atoms. The average Bonchev–Trinajstić information content (AvgIpc) is 2.38. The summed E-state index contributed by atoms with van der Waals surface area (Å²) in [5.41, 5.74) is 7.47. The minimum Gasteiger partial charge on any atom is -0.397 e. The number of hydrogen-bond donors (Lipinski definition) is 1. The van der Waals surface area contributed by atoms with Crippen LogP contribution >= 0.6 is 15.9 Å². The standard InChI is InChI=1S/C12H11BrN4O/c1-17(11-3-2-9(13)4-10(11)14)12(18)8-5-15-7-16-6-8/h2-7H,14H2,1H3. The van der Waals surface area contributed by atoms with Crippen LogP contribution in [0.5, 0.6) is 0 Å². The summed E-state index contributed by atoms with van der Waals surface area (Å²) >= 11 is 3.32. The van der Waals surface area contributed by atoms with Gasteiger partial charge in [0.05, 0.1) is 16.9 Å². The molecule has 0 fully saturated rings. The molecule has 2 N–H and O–H groups in total. The molecular formula is C12H11BrN4O. The van der Waals surface area contributed by atoms with Crippen molar-refractivity contribution in [3.63, 3.8) is 0 Å². The van der Waals surface area contributed by atoms with Gasteiger partial charge in [0.25, 0.3) is 5.91 Å². The van der Waals surface area contributed by atoms with Gasteiger partial charge in [-0.05, 0) is 18.2 Å². The van der Waals surface area contributed by atoms with E-state index in [0.29, 0.717) is 16.9 Å². The molecule has 1 heterocycles. The zero-order valence-corrected chi connectivity index (χ0v) is 11.3. The quantitative estimate of drug-likeness (QED) is 0.862. The smallest absolute Gasteiger partial charge is 0.261 e. The molecule has 0 aliphatic heterocycles. The first-order valence-electron chi connectivity index (χ1n) is 5.17. The number of amides is 1. The third kappa shape index (κ3) is 2.48. The lowest BCUT2D eigenvalue weighted by Crippen LogP contribution is -2.27. The Morgan fingerprint density at radius 3 is 2.61 bits per heavy atom. The first-order valence-corrected chi connectivity index (χ1v) is 5.97. The van der Waals surface area contributed by atoms with Crippen molar-refractivity contribution >= 4 is 33.2 Å². The Balaban J connectivity index is 2.31. The summed E-state index contributed by atoms with van der Waals surface area (Å²) in [6, 6.07) is 5.36. The number of halogens is 1. The van der Waals surface area contributed by atoms with Gasteiger partial charge >= 0.3 is 0 Å². The van der Waals surface area contributed by atoms with Gasteiger partial charge in [-0.3, -0.25) is 4.79 Å². The molecule has 5 nitrogen and oxygen atoms in total. The highest BCUT2D eigenvalue weighted by Crippen LogP contribution is 2.26. The molecule has 1 amide bonds. The summed E-state index contributed by atoms with van der Waals surface area (Å²) in [5.74, 6) is -0.204. The fourth-order valence-electron chi connectivity index (χ4n) is 1.54. The molecule has 0 atom stereocenters. The van der Waals surface area contributed by atoms with Crippen LogP contribution in [0, 0.1) is 0 Å². The minimum absolute atomic E-state index is 0.204. The maximum atomic E-state index is 12.2. The van der Waals surface area contributed by atoms with E-state index in [2.05, 4.69) is 25.9 Å². The molecule has 0 saturated heterocycles. The van der Waals surface area contributed by atoms with E-state index in [4.69, 9.17) is 5.73 Å². The van der Waals surface area contributed by atoms with E-state index in [1.807, 2.05) is 6.07 Å². The van der Waals surface area contributed by atoms with Crippen LogP contribution in [0.25, 0.3) is 0 Å². The maximum Gasteiger partial charge on any atom is 0.261 e. The lowest BCUT2D eigenvalue weighted by Gasteiger charge is -2.19. The lowest BCUT2D eigenvalue weighted by atomic mass is 10.2. The number of rotatable bonds is 2. The zero-order valence-electron chi connectivity index (χ0n) is 9.67. The molecule has 0 bridgehead atoms. The van der Waals surface area contributed by atoms with Crippen molar-refractivity contribution in [2.45, 2.75) is 0 Å². The molecule has 92 valence electrons. The predicted molar refractivity (Wildman–Crippen MR) is 73.3 cm³/mol. The monoisotopic (exact) mass is 306 g/mol. The predicted octanol–water partition coefficient (Wildman–Crippen LogP) is 2.10. The number of nitrogens with zero attached hydrogens (tertiary/aromatic N) is 3. The van der Waals surface area contributed by atoms with E-state index >= 15 is 0 Å². The second kappa shape index (κ2) is 5.14. The summed E-state index contributed by atoms with van der Waals surface area (Å²) in [6.07, 6.45) is 4.33. The van der Waals surface area contributed by atoms with Crippen LogP contribution in [-0.4, -0.2) is 22.9 Å². The SMILES string of the molecule is CN(C(=O)c1cncnc1)c1ccc(Br)cc1N. The van der Waals surface area contributed by atoms with E-state index in [0.717, 1.165) is 4.47 Å². The van der Waals surface area contributed by atoms with Crippen molar-refractivity contribution in [3.8, 4) is 0 Å². The van der Waals surface area contributed by atoms with Gasteiger partial charge in [-0.15, -0.1) is 0 Å². The van der Waals surface area contributed by atoms with E-state index in [1.54, 1.807) is 19.2 Å². The Kier molecular flexibility index (Phi) is 3.57. The first kappa shape index (κ1) is 12.5. The Labute approximate surface area is 113 Å². The molecule has 0 saturated carbocycles. The van der Waals surface area contributed by atoms with Crippen molar-refractivity contribution in [1.82, 2.24) is 9.97 Å². The van der Waals surface area contributed by atoms with Gasteiger partial charge in [0.15, 0.2) is 0 Å². The van der Waals surface area contributed by atoms with Gasteiger partial charge in [0, 0.05) is 23.9 Å². The lowest BCUT2D eigenvalue weighted by molar-refractivity contribution is 0.0992. The Morgan fingerprint density at radius 2 is 2.00 bits per heavy atom. The number of nitrogen functional groups attached to an aromatic ring is 1. The Morgan fingerprint density at radius 1 is 1.33 bits per heavy atom. The molecule has 0 aliphatic rings. The summed E-state index contributed by atoms with van der Waals surface area (Å²) in [5, 5.41) is 0. The number of hydrogen-bond acceptors (Lipinski definition) is 4. The Bertz CT molecular complexity index is 574. The summed E-state index contributed by atoms with van der Waals surface area (Å²) < 4.78 is 0.868. The van der Waals surface area contributed by atoms with Gasteiger partial charge in [-0.1, -0.05) is 15.9 Å². The summed E-state index contributed by atoms with van der Waals surface area (Å²) in [7, 11) is 1.66. The molecule has 0 radical (unpaired) electrons. The van der Waals surface area contributed by atoms with Gasteiger partial charge in [-0.25, -0.2) is 9.97 Å². The number of carbonyl (C=O) groups is 1. The number of anilines is 2. The fraction of sp³-hybridized carbons (Fsp3) is 0.0833. The number of aromatic nitrogens is 2. The van der Waals surface area contributed by atoms with Gasteiger partial charge in [-0.2, -0.15) is 0 Å². The summed E-state index contributed by atoms with van der Waals surface area (Å²) in [6.45, 7) is 0. The van der Waals surface area contributed by atoms with Gasteiger partial charge in [0.1, 0.15) is 6.33 Å². The van der Waals surface area contributed by atoms with Crippen LogP contribution in [-0.2, 0) is 0 Å². The van der Waals surface area contributed by atoms with Crippen LogP contribution in [0.2, 0.25) is 0 Å². The third-order valence-corrected chi connectivity index (χ3v) is 2.96. The molecule has 0 unspecified atom stereocenters. The van der Waals surface area contributed by atoms with Crippen LogP contribution in [0.4, 0.5) is 11.4 Å². The molecule has 1 aromatic carbocycles. The molecule has 6 heteroatoms. The zero-order chi connectivity index (χ0) is 13.1. The molecule has 0 aliphatic carbocycles. The summed E-state index contributed by atoms with van der Waals surface area (Å²) in [4.78, 5) is 21.3. The van der Waals surface area contributed by atoms with Crippen molar-refractivity contribution < 1.29 is 4.79 Å². The van der Waals surface area contributed by atoms with E-state index in [9.17, 15) is 4.79 Å². The highest BCUT2D eigenvalue weighted by molar-refractivity contribution is 9.10. The van der Waals surface area contributed by atoms with Crippen LogP contribution in [0.3, 0.4) is 0 Å². The van der Waals surface area contributed by atoms with Crippen molar-refractivity contribution in [1.29, 1.82) is 0 Å². The number of nitrogens with two attached hydrogens (primary N) is 1. The fourth-order valence-corrected chi connectivity index (χ4v) is 1.92. The van der Waals surface area contributed by atoms with Crippen LogP contribution < -0.4 is 10.6 Å². The highest BCUT2D eigenvalue weighted by Gasteiger charge is 2.15. The van der Waals surface area contributed by atoms with Gasteiger partial charge in [0.2, 0.25) is 0 Å². The average molecular weight is 307 g/mol. The second-order valence-electron chi connectivity index (χ2n) is 3.69. The highest BCUT2D eigenvalue weighted by atomic mass is 79.9. The molecule has 0 spiro atoms.